The van der Waals surface area contributed by atoms with E-state index in [9.17, 15) is 4.79 Å². The number of ether oxygens (including phenoxy) is 5. The van der Waals surface area contributed by atoms with Gasteiger partial charge in [-0.15, -0.1) is 0 Å². The number of benzene rings is 3. The van der Waals surface area contributed by atoms with Gasteiger partial charge < -0.3 is 28.6 Å². The van der Waals surface area contributed by atoms with Crippen LogP contribution in [0.3, 0.4) is 0 Å². The highest BCUT2D eigenvalue weighted by Gasteiger charge is 2.58. The zero-order valence-electron chi connectivity index (χ0n) is 20.8. The molecular formula is C29H29NO6. The molecule has 186 valence electrons. The Labute approximate surface area is 210 Å². The zero-order chi connectivity index (χ0) is 24.9. The van der Waals surface area contributed by atoms with Crippen molar-refractivity contribution < 1.29 is 28.5 Å². The second kappa shape index (κ2) is 8.66. The fourth-order valence-corrected chi connectivity index (χ4v) is 5.63. The molecule has 0 N–H and O–H groups in total. The van der Waals surface area contributed by atoms with Crippen LogP contribution >= 0.6 is 0 Å². The number of methoxy groups -OCH3 is 2. The minimum atomic E-state index is -0.981. The van der Waals surface area contributed by atoms with Crippen LogP contribution in [0, 0.1) is 0 Å². The molecule has 0 aromatic heterocycles. The van der Waals surface area contributed by atoms with Gasteiger partial charge in [0.25, 0.3) is 0 Å². The van der Waals surface area contributed by atoms with Crippen LogP contribution in [0.1, 0.15) is 37.3 Å². The summed E-state index contributed by atoms with van der Waals surface area (Å²) >= 11 is 0. The summed E-state index contributed by atoms with van der Waals surface area (Å²) in [6, 6.07) is 15.7. The Kier molecular flexibility index (Phi) is 5.43. The molecule has 3 aromatic carbocycles. The van der Waals surface area contributed by atoms with E-state index in [1.54, 1.807) is 14.2 Å². The molecule has 36 heavy (non-hydrogen) atoms. The van der Waals surface area contributed by atoms with Gasteiger partial charge in [0.15, 0.2) is 11.5 Å². The molecule has 0 aliphatic carbocycles. The van der Waals surface area contributed by atoms with E-state index in [1.807, 2.05) is 47.4 Å². The normalized spacial score (nSPS) is 18.9. The van der Waals surface area contributed by atoms with Crippen LogP contribution in [0.4, 0.5) is 5.69 Å². The Morgan fingerprint density at radius 3 is 2.39 bits per heavy atom. The quantitative estimate of drug-likeness (QED) is 0.421. The summed E-state index contributed by atoms with van der Waals surface area (Å²) < 4.78 is 28.6. The van der Waals surface area contributed by atoms with Gasteiger partial charge in [0.05, 0.1) is 14.2 Å². The third-order valence-corrected chi connectivity index (χ3v) is 7.40. The van der Waals surface area contributed by atoms with Crippen molar-refractivity contribution in [1.82, 2.24) is 0 Å². The average Bonchev–Trinajstić information content (AvgIpc) is 3.59. The molecule has 3 aliphatic heterocycles. The Bertz CT molecular complexity index is 1330. The maximum Gasteiger partial charge on any atom is 0.245 e. The van der Waals surface area contributed by atoms with Gasteiger partial charge in [-0.05, 0) is 41.8 Å². The smallest absolute Gasteiger partial charge is 0.245 e. The summed E-state index contributed by atoms with van der Waals surface area (Å²) in [5.41, 5.74) is 3.57. The first kappa shape index (κ1) is 22.6. The number of fused-ring (bicyclic) bond motifs is 5. The lowest BCUT2D eigenvalue weighted by Crippen LogP contribution is -2.43. The van der Waals surface area contributed by atoms with Crippen molar-refractivity contribution in [3.8, 4) is 39.9 Å². The molecule has 0 radical (unpaired) electrons. The lowest BCUT2D eigenvalue weighted by atomic mass is 9.74. The van der Waals surface area contributed by atoms with E-state index in [2.05, 4.69) is 13.0 Å². The summed E-state index contributed by atoms with van der Waals surface area (Å²) in [7, 11) is 3.27. The predicted octanol–water partition coefficient (Wildman–Crippen LogP) is 5.31. The van der Waals surface area contributed by atoms with Gasteiger partial charge >= 0.3 is 0 Å². The van der Waals surface area contributed by atoms with Crippen LogP contribution in [0.15, 0.2) is 48.5 Å². The highest BCUT2D eigenvalue weighted by molar-refractivity contribution is 6.13. The second-order valence-electron chi connectivity index (χ2n) is 9.36. The molecule has 1 amide bonds. The van der Waals surface area contributed by atoms with Crippen molar-refractivity contribution in [3.05, 3.63) is 59.7 Å². The van der Waals surface area contributed by atoms with Crippen LogP contribution in [0.5, 0.6) is 28.7 Å². The number of rotatable bonds is 7. The lowest BCUT2D eigenvalue weighted by molar-refractivity contribution is -0.122. The summed E-state index contributed by atoms with van der Waals surface area (Å²) in [6.07, 6.45) is 3.08. The van der Waals surface area contributed by atoms with Gasteiger partial charge in [-0.2, -0.15) is 0 Å². The number of carbonyl (C=O) groups is 1. The van der Waals surface area contributed by atoms with Crippen LogP contribution in [0.2, 0.25) is 0 Å². The maximum atomic E-state index is 14.4. The number of nitrogens with zero attached hydrogens (tertiary/aromatic N) is 1. The van der Waals surface area contributed by atoms with Gasteiger partial charge in [-0.25, -0.2) is 0 Å². The van der Waals surface area contributed by atoms with Crippen molar-refractivity contribution in [3.63, 3.8) is 0 Å². The van der Waals surface area contributed by atoms with E-state index in [0.717, 1.165) is 47.2 Å². The Hall–Kier alpha value is -3.87. The highest BCUT2D eigenvalue weighted by atomic mass is 16.7. The topological polar surface area (TPSA) is 66.5 Å². The van der Waals surface area contributed by atoms with Gasteiger partial charge in [0.1, 0.15) is 29.3 Å². The summed E-state index contributed by atoms with van der Waals surface area (Å²) in [5, 5.41) is 0. The largest absolute Gasteiger partial charge is 0.497 e. The van der Waals surface area contributed by atoms with Crippen molar-refractivity contribution in [1.29, 1.82) is 0 Å². The Morgan fingerprint density at radius 1 is 0.917 bits per heavy atom. The Balaban J connectivity index is 1.59. The number of anilines is 1. The molecule has 6 rings (SSSR count). The summed E-state index contributed by atoms with van der Waals surface area (Å²) in [5.74, 6) is 3.35. The second-order valence-corrected chi connectivity index (χ2v) is 9.36. The van der Waals surface area contributed by atoms with E-state index in [4.69, 9.17) is 23.7 Å². The van der Waals surface area contributed by atoms with Crippen LogP contribution in [-0.2, 0) is 10.2 Å². The molecule has 1 unspecified atom stereocenters. The Morgan fingerprint density at radius 2 is 1.67 bits per heavy atom. The summed E-state index contributed by atoms with van der Waals surface area (Å²) in [4.78, 5) is 16.3. The minimum Gasteiger partial charge on any atom is -0.497 e. The number of unbranched alkanes of at least 4 members (excludes halogenated alkanes) is 2. The fraction of sp³-hybridized carbons (Fsp3) is 0.345. The third-order valence-electron chi connectivity index (χ3n) is 7.40. The standard InChI is InChI=1S/C29H29NO6/c1-4-5-6-10-30-23-9-7-8-21(18-11-19(32-2)13-20(12-18)33-3)27(23)29(28(30)31)16-34-24-15-26-25(14-22(24)29)35-17-36-26/h7-9,11-15H,4-6,10,16-17H2,1-3H3. The van der Waals surface area contributed by atoms with Crippen molar-refractivity contribution in [2.45, 2.75) is 31.6 Å². The van der Waals surface area contributed by atoms with E-state index in [1.165, 1.54) is 0 Å². The minimum absolute atomic E-state index is 0.0357. The SMILES string of the molecule is CCCCCN1C(=O)C2(COc3cc4c(cc32)OCO4)c2c(-c3cc(OC)cc(OC)c3)cccc21. The molecule has 3 aromatic rings. The lowest BCUT2D eigenvalue weighted by Gasteiger charge is -2.24. The van der Waals surface area contributed by atoms with E-state index >= 15 is 0 Å². The molecule has 1 spiro atoms. The molecular weight excluding hydrogens is 458 g/mol. The molecule has 1 atom stereocenters. The molecule has 3 heterocycles. The van der Waals surface area contributed by atoms with E-state index < -0.39 is 5.41 Å². The van der Waals surface area contributed by atoms with Crippen LogP contribution in [-0.4, -0.2) is 40.1 Å². The fourth-order valence-electron chi connectivity index (χ4n) is 5.63. The highest BCUT2D eigenvalue weighted by Crippen LogP contribution is 2.57. The molecule has 3 aliphatic rings. The van der Waals surface area contributed by atoms with Crippen LogP contribution in [0.25, 0.3) is 11.1 Å². The number of hydrogen-bond donors (Lipinski definition) is 0. The maximum absolute atomic E-state index is 14.4. The number of carbonyl (C=O) groups excluding carboxylic acids is 1. The van der Waals surface area contributed by atoms with Crippen molar-refractivity contribution >= 4 is 11.6 Å². The van der Waals surface area contributed by atoms with E-state index in [0.29, 0.717) is 35.3 Å². The third kappa shape index (κ3) is 3.22. The summed E-state index contributed by atoms with van der Waals surface area (Å²) in [6.45, 7) is 3.21. The van der Waals surface area contributed by atoms with Crippen molar-refractivity contribution in [2.24, 2.45) is 0 Å². The molecule has 0 bridgehead atoms. The molecule has 7 heteroatoms. The average molecular weight is 488 g/mol. The predicted molar refractivity (Wildman–Crippen MR) is 136 cm³/mol. The van der Waals surface area contributed by atoms with Gasteiger partial charge in [0, 0.05) is 35.5 Å². The first-order valence-corrected chi connectivity index (χ1v) is 12.4. The molecule has 7 nitrogen and oxygen atoms in total. The van der Waals surface area contributed by atoms with Gasteiger partial charge in [-0.3, -0.25) is 4.79 Å². The number of hydrogen-bond acceptors (Lipinski definition) is 6. The van der Waals surface area contributed by atoms with Crippen LogP contribution < -0.4 is 28.6 Å². The first-order valence-electron chi connectivity index (χ1n) is 12.4. The first-order chi connectivity index (χ1) is 17.6. The van der Waals surface area contributed by atoms with Gasteiger partial charge in [-0.1, -0.05) is 31.9 Å². The van der Waals surface area contributed by atoms with Crippen molar-refractivity contribution in [2.75, 3.05) is 39.1 Å². The molecule has 0 saturated heterocycles. The molecule has 0 fully saturated rings. The van der Waals surface area contributed by atoms with E-state index in [-0.39, 0.29) is 19.3 Å². The number of amides is 1. The molecule has 0 saturated carbocycles. The van der Waals surface area contributed by atoms with Gasteiger partial charge in [0.2, 0.25) is 12.7 Å². The zero-order valence-corrected chi connectivity index (χ0v) is 20.8. The monoisotopic (exact) mass is 487 g/mol.